The number of nitrogens with zero attached hydrogens (tertiary/aromatic N) is 3. The Morgan fingerprint density at radius 3 is 2.51 bits per heavy atom. The Hall–Kier alpha value is -3.26. The number of halogens is 2. The van der Waals surface area contributed by atoms with E-state index in [0.29, 0.717) is 28.1 Å². The predicted molar refractivity (Wildman–Crippen MR) is 159 cm³/mol. The summed E-state index contributed by atoms with van der Waals surface area (Å²) >= 11 is -0.224. The van der Waals surface area contributed by atoms with Gasteiger partial charge in [0.15, 0.2) is 0 Å². The van der Waals surface area contributed by atoms with Gasteiger partial charge >= 0.3 is 231 Å². The summed E-state index contributed by atoms with van der Waals surface area (Å²) in [5, 5.41) is 11.2. The number of carbonyl (C=O) groups is 1. The number of amides is 1. The maximum atomic E-state index is 13.7. The van der Waals surface area contributed by atoms with Gasteiger partial charge in [0.2, 0.25) is 0 Å². The van der Waals surface area contributed by atoms with Crippen molar-refractivity contribution in [2.45, 2.75) is 24.0 Å². The molecule has 2 aliphatic heterocycles. The van der Waals surface area contributed by atoms with Crippen LogP contribution < -0.4 is 14.6 Å². The topological polar surface area (TPSA) is 73.5 Å². The van der Waals surface area contributed by atoms with Gasteiger partial charge in [-0.15, -0.1) is 0 Å². The van der Waals surface area contributed by atoms with Gasteiger partial charge in [0.1, 0.15) is 0 Å². The van der Waals surface area contributed by atoms with Crippen molar-refractivity contribution >= 4 is 48.4 Å². The van der Waals surface area contributed by atoms with Gasteiger partial charge in [0.25, 0.3) is 0 Å². The number of ether oxygens (including phenoxy) is 1. The van der Waals surface area contributed by atoms with Crippen LogP contribution in [0.1, 0.15) is 34.3 Å². The molecule has 4 aromatic rings. The molecule has 3 aromatic carbocycles. The van der Waals surface area contributed by atoms with Crippen LogP contribution in [0.2, 0.25) is 4.71 Å². The fraction of sp³-hybridized carbons (Fsp3) is 0.355. The fourth-order valence-electron chi connectivity index (χ4n) is 5.48. The first-order chi connectivity index (χ1) is 19.9. The molecule has 0 bridgehead atoms. The molecule has 0 atom stereocenters. The molecule has 2 saturated heterocycles. The molecular weight excluding hydrogens is 587 g/mol. The number of piperazine rings is 1. The summed E-state index contributed by atoms with van der Waals surface area (Å²) in [5.41, 5.74) is 4.04. The van der Waals surface area contributed by atoms with E-state index in [0.717, 1.165) is 79.1 Å². The van der Waals surface area contributed by atoms with E-state index in [1.807, 2.05) is 24.3 Å². The Bertz CT molecular complexity index is 1530. The summed E-state index contributed by atoms with van der Waals surface area (Å²) in [5.74, 6) is -0.947. The number of aromatic amines is 1. The zero-order valence-electron chi connectivity index (χ0n) is 23.0. The number of fused-ring (bicyclic) bond motifs is 1. The van der Waals surface area contributed by atoms with Crippen LogP contribution in [0.4, 0.5) is 20.3 Å². The molecule has 41 heavy (non-hydrogen) atoms. The van der Waals surface area contributed by atoms with Crippen LogP contribution >= 0.6 is 0 Å². The summed E-state index contributed by atoms with van der Waals surface area (Å²) in [7, 11) is 2.15. The Morgan fingerprint density at radius 2 is 1.76 bits per heavy atom. The molecule has 10 heteroatoms. The second-order valence-corrected chi connectivity index (χ2v) is 13.9. The maximum absolute atomic E-state index is 13.7. The summed E-state index contributed by atoms with van der Waals surface area (Å²) < 4.78 is 34.7. The van der Waals surface area contributed by atoms with Crippen LogP contribution in [-0.2, 0) is 11.2 Å². The van der Waals surface area contributed by atoms with Gasteiger partial charge in [-0.1, -0.05) is 0 Å². The number of aromatic nitrogens is 2. The average Bonchev–Trinajstić information content (AvgIpc) is 3.35. The van der Waals surface area contributed by atoms with Gasteiger partial charge < -0.3 is 0 Å². The molecule has 1 amide bonds. The zero-order valence-corrected chi connectivity index (χ0v) is 24.9. The number of rotatable bonds is 7. The predicted octanol–water partition coefficient (Wildman–Crippen LogP) is 4.36. The van der Waals surface area contributed by atoms with Crippen molar-refractivity contribution in [1.29, 1.82) is 0 Å². The van der Waals surface area contributed by atoms with Crippen molar-refractivity contribution in [2.24, 2.45) is 0 Å². The number of likely N-dealkylation sites (N-methyl/N-ethyl adjacent to an activating group) is 1. The molecule has 0 unspecified atom stereocenters. The number of hydrogen-bond acceptors (Lipinski definition) is 5. The van der Waals surface area contributed by atoms with Gasteiger partial charge in [0.05, 0.1) is 0 Å². The van der Waals surface area contributed by atoms with Crippen molar-refractivity contribution in [1.82, 2.24) is 15.1 Å². The fourth-order valence-corrected chi connectivity index (χ4v) is 8.39. The molecule has 0 aliphatic carbocycles. The van der Waals surface area contributed by atoms with E-state index in [1.165, 1.54) is 17.8 Å². The first kappa shape index (κ1) is 27.9. The van der Waals surface area contributed by atoms with Gasteiger partial charge in [-0.25, -0.2) is 8.78 Å². The Kier molecular flexibility index (Phi) is 8.37. The number of benzene rings is 3. The Balaban J connectivity index is 1.25. The molecule has 2 N–H and O–H groups in total. The molecule has 0 saturated carbocycles. The van der Waals surface area contributed by atoms with Gasteiger partial charge in [-0.2, -0.15) is 0 Å². The van der Waals surface area contributed by atoms with Crippen molar-refractivity contribution in [3.63, 3.8) is 0 Å². The summed E-state index contributed by atoms with van der Waals surface area (Å²) in [4.78, 5) is 18.5. The molecule has 7 nitrogen and oxygen atoms in total. The third kappa shape index (κ3) is 6.64. The van der Waals surface area contributed by atoms with Crippen LogP contribution in [0, 0.1) is 11.6 Å². The monoisotopic (exact) mass is 620 g/mol. The Morgan fingerprint density at radius 1 is 1.00 bits per heavy atom. The molecule has 3 heterocycles. The quantitative estimate of drug-likeness (QED) is 0.301. The van der Waals surface area contributed by atoms with E-state index in [4.69, 9.17) is 4.74 Å². The third-order valence-electron chi connectivity index (χ3n) is 7.80. The number of H-pyrrole nitrogens is 1. The van der Waals surface area contributed by atoms with E-state index in [2.05, 4.69) is 44.5 Å². The molecule has 2 fully saturated rings. The van der Waals surface area contributed by atoms with Gasteiger partial charge in [-0.3, -0.25) is 0 Å². The van der Waals surface area contributed by atoms with Crippen molar-refractivity contribution < 1.29 is 18.3 Å². The minimum absolute atomic E-state index is 0.182. The van der Waals surface area contributed by atoms with E-state index in [-0.39, 0.29) is 21.7 Å². The van der Waals surface area contributed by atoms with Crippen molar-refractivity contribution in [3.8, 4) is 0 Å². The Labute approximate surface area is 244 Å². The molecule has 0 spiro atoms. The zero-order chi connectivity index (χ0) is 28.3. The third-order valence-corrected chi connectivity index (χ3v) is 11.0. The molecule has 213 valence electrons. The van der Waals surface area contributed by atoms with Crippen LogP contribution in [0.25, 0.3) is 10.9 Å². The van der Waals surface area contributed by atoms with Crippen LogP contribution in [-0.4, -0.2) is 83.2 Å². The van der Waals surface area contributed by atoms with E-state index < -0.39 is 11.6 Å². The molecular formula is C31H33AsF2N5O2. The minimum atomic E-state index is -0.602. The first-order valence-electron chi connectivity index (χ1n) is 14.0. The first-order valence-corrected chi connectivity index (χ1v) is 16.0. The van der Waals surface area contributed by atoms with Crippen molar-refractivity contribution in [3.05, 3.63) is 82.9 Å². The molecule has 6 rings (SSSR count). The normalized spacial score (nSPS) is 17.1. The number of hydrogen-bond donors (Lipinski definition) is 2. The SMILES string of the molecule is CN1CCN(c2ccc(C(=O)Nc3n[nH]c4ccc(Cc5cc(F)cc(F)c5)cc34)c([As]C3CCOCC3)c2)CC1. The summed E-state index contributed by atoms with van der Waals surface area (Å²) in [6.07, 6.45) is 2.42. The number of carbonyl (C=O) groups excluding carboxylic acids is 1. The standard InChI is InChI=1S/C31H33AsF2N5O2/c1-38-8-10-39(11-9-38)25-3-4-26(28(19-25)32-22-6-12-41-13-7-22)31(40)35-30-27-17-20(2-5-29(27)36-37-30)14-21-15-23(33)18-24(34)16-21/h2-5,15-19,22H,6-14H2,1H3,(H2,35,36,37,40). The molecule has 1 radical (unpaired) electrons. The average molecular weight is 621 g/mol. The van der Waals surface area contributed by atoms with E-state index in [1.54, 1.807) is 0 Å². The van der Waals surface area contributed by atoms with E-state index >= 15 is 0 Å². The van der Waals surface area contributed by atoms with Crippen molar-refractivity contribution in [2.75, 3.05) is 56.7 Å². The summed E-state index contributed by atoms with van der Waals surface area (Å²) in [6, 6.07) is 15.5. The second-order valence-electron chi connectivity index (χ2n) is 10.8. The van der Waals surface area contributed by atoms with Crippen LogP contribution in [0.3, 0.4) is 0 Å². The molecule has 1 aromatic heterocycles. The number of nitrogens with one attached hydrogen (secondary N) is 2. The summed E-state index contributed by atoms with van der Waals surface area (Å²) in [6.45, 7) is 5.55. The number of anilines is 2. The van der Waals surface area contributed by atoms with Crippen LogP contribution in [0.15, 0.2) is 54.6 Å². The van der Waals surface area contributed by atoms with Gasteiger partial charge in [-0.05, 0) is 0 Å². The van der Waals surface area contributed by atoms with Gasteiger partial charge in [0, 0.05) is 6.07 Å². The second kappa shape index (κ2) is 12.3. The van der Waals surface area contributed by atoms with Crippen LogP contribution in [0.5, 0.6) is 0 Å². The van der Waals surface area contributed by atoms with E-state index in [9.17, 15) is 13.6 Å². The molecule has 2 aliphatic rings.